The Morgan fingerprint density at radius 2 is 1.76 bits per heavy atom. The lowest BCUT2D eigenvalue weighted by Crippen LogP contribution is -2.34. The summed E-state index contributed by atoms with van der Waals surface area (Å²) in [6.45, 7) is 2.25. The monoisotopic (exact) mass is 344 g/mol. The normalized spacial score (nSPS) is 16.1. The highest BCUT2D eigenvalue weighted by Gasteiger charge is 2.20. The molecule has 0 N–H and O–H groups in total. The maximum absolute atomic E-state index is 4.58. The summed E-state index contributed by atoms with van der Waals surface area (Å²) < 4.78 is 0. The van der Waals surface area contributed by atoms with Gasteiger partial charge < -0.3 is 4.90 Å². The van der Waals surface area contributed by atoms with Crippen LogP contribution in [0.25, 0.3) is 0 Å². The van der Waals surface area contributed by atoms with Gasteiger partial charge in [-0.25, -0.2) is 4.98 Å². The first-order chi connectivity index (χ1) is 10.3. The van der Waals surface area contributed by atoms with Crippen molar-refractivity contribution in [2.24, 2.45) is 5.92 Å². The van der Waals surface area contributed by atoms with Crippen molar-refractivity contribution in [2.75, 3.05) is 18.0 Å². The zero-order valence-electron chi connectivity index (χ0n) is 12.2. The van der Waals surface area contributed by atoms with E-state index >= 15 is 0 Å². The van der Waals surface area contributed by atoms with Gasteiger partial charge in [-0.15, -0.1) is 0 Å². The van der Waals surface area contributed by atoms with Gasteiger partial charge in [0.2, 0.25) is 0 Å². The molecule has 1 saturated heterocycles. The molecule has 0 atom stereocenters. The molecular formula is C18H21BrN2. The van der Waals surface area contributed by atoms with Gasteiger partial charge in [0.15, 0.2) is 0 Å². The van der Waals surface area contributed by atoms with Crippen LogP contribution in [0.2, 0.25) is 0 Å². The van der Waals surface area contributed by atoms with Crippen LogP contribution in [0.3, 0.4) is 0 Å². The fourth-order valence-electron chi connectivity index (χ4n) is 3.00. The van der Waals surface area contributed by atoms with E-state index in [1.807, 2.05) is 6.20 Å². The Morgan fingerprint density at radius 3 is 2.38 bits per heavy atom. The summed E-state index contributed by atoms with van der Waals surface area (Å²) in [4.78, 5) is 6.99. The van der Waals surface area contributed by atoms with Crippen LogP contribution in [0.15, 0.2) is 48.7 Å². The van der Waals surface area contributed by atoms with E-state index in [2.05, 4.69) is 68.3 Å². The zero-order chi connectivity index (χ0) is 14.5. The summed E-state index contributed by atoms with van der Waals surface area (Å²) in [7, 11) is 0. The van der Waals surface area contributed by atoms with Crippen molar-refractivity contribution in [3.63, 3.8) is 0 Å². The van der Waals surface area contributed by atoms with Crippen LogP contribution in [-0.2, 0) is 11.8 Å². The lowest BCUT2D eigenvalue weighted by Gasteiger charge is -2.33. The molecule has 2 heterocycles. The van der Waals surface area contributed by atoms with Gasteiger partial charge >= 0.3 is 0 Å². The van der Waals surface area contributed by atoms with Crippen LogP contribution in [-0.4, -0.2) is 18.1 Å². The molecular weight excluding hydrogens is 324 g/mol. The molecule has 1 aliphatic heterocycles. The van der Waals surface area contributed by atoms with Crippen LogP contribution < -0.4 is 4.90 Å². The summed E-state index contributed by atoms with van der Waals surface area (Å²) in [5, 5.41) is 0.874. The molecule has 110 valence electrons. The molecule has 0 bridgehead atoms. The smallest absolute Gasteiger partial charge is 0.128 e. The van der Waals surface area contributed by atoms with Gasteiger partial charge in [0.1, 0.15) is 5.82 Å². The summed E-state index contributed by atoms with van der Waals surface area (Å²) in [6, 6.07) is 15.2. The molecule has 1 aromatic heterocycles. The number of rotatable bonds is 4. The number of piperidine rings is 1. The minimum atomic E-state index is 0.811. The zero-order valence-corrected chi connectivity index (χ0v) is 13.8. The Kier molecular flexibility index (Phi) is 4.91. The molecule has 2 nitrogen and oxygen atoms in total. The number of pyridine rings is 1. The quantitative estimate of drug-likeness (QED) is 0.762. The van der Waals surface area contributed by atoms with E-state index in [0.29, 0.717) is 0 Å². The Balaban J connectivity index is 1.54. The average Bonchev–Trinajstić information content (AvgIpc) is 2.57. The van der Waals surface area contributed by atoms with Gasteiger partial charge in [-0.3, -0.25) is 0 Å². The van der Waals surface area contributed by atoms with Crippen molar-refractivity contribution in [1.82, 2.24) is 4.98 Å². The van der Waals surface area contributed by atoms with Gasteiger partial charge in [-0.2, -0.15) is 0 Å². The van der Waals surface area contributed by atoms with Gasteiger partial charge in [0.25, 0.3) is 0 Å². The molecule has 1 fully saturated rings. The van der Waals surface area contributed by atoms with Crippen LogP contribution in [0.5, 0.6) is 0 Å². The standard InChI is InChI=1S/C18H21BrN2/c19-13-17-6-7-18(20-14-17)21-10-8-16(9-11-21)12-15-4-2-1-3-5-15/h1-7,14,16H,8-13H2. The van der Waals surface area contributed by atoms with E-state index in [0.717, 1.165) is 30.2 Å². The summed E-state index contributed by atoms with van der Waals surface area (Å²) in [5.41, 5.74) is 2.70. The van der Waals surface area contributed by atoms with Crippen molar-refractivity contribution in [3.05, 3.63) is 59.8 Å². The van der Waals surface area contributed by atoms with E-state index in [1.165, 1.54) is 30.4 Å². The highest BCUT2D eigenvalue weighted by molar-refractivity contribution is 9.08. The molecule has 0 amide bonds. The van der Waals surface area contributed by atoms with Gasteiger partial charge in [-0.05, 0) is 42.4 Å². The highest BCUT2D eigenvalue weighted by Crippen LogP contribution is 2.24. The van der Waals surface area contributed by atoms with Crippen LogP contribution in [0.1, 0.15) is 24.0 Å². The maximum atomic E-state index is 4.58. The molecule has 2 aromatic rings. The number of aromatic nitrogens is 1. The predicted octanol–water partition coefficient (Wildman–Crippen LogP) is 4.44. The van der Waals surface area contributed by atoms with E-state index in [4.69, 9.17) is 0 Å². The highest BCUT2D eigenvalue weighted by atomic mass is 79.9. The molecule has 21 heavy (non-hydrogen) atoms. The third kappa shape index (κ3) is 3.85. The topological polar surface area (TPSA) is 16.1 Å². The Hall–Kier alpha value is -1.35. The number of hydrogen-bond donors (Lipinski definition) is 0. The summed E-state index contributed by atoms with van der Waals surface area (Å²) >= 11 is 3.46. The molecule has 1 aromatic carbocycles. The molecule has 0 unspecified atom stereocenters. The molecule has 0 radical (unpaired) electrons. The summed E-state index contributed by atoms with van der Waals surface area (Å²) in [5.74, 6) is 1.93. The molecule has 3 heteroatoms. The van der Waals surface area contributed by atoms with Crippen molar-refractivity contribution >= 4 is 21.7 Å². The summed E-state index contributed by atoms with van der Waals surface area (Å²) in [6.07, 6.45) is 5.71. The first-order valence-electron chi connectivity index (χ1n) is 7.65. The number of anilines is 1. The second kappa shape index (κ2) is 7.08. The SMILES string of the molecule is BrCc1ccc(N2CCC(Cc3ccccc3)CC2)nc1. The molecule has 0 spiro atoms. The minimum Gasteiger partial charge on any atom is -0.357 e. The average molecular weight is 345 g/mol. The maximum Gasteiger partial charge on any atom is 0.128 e. The lowest BCUT2D eigenvalue weighted by molar-refractivity contribution is 0.402. The Morgan fingerprint density at radius 1 is 1.00 bits per heavy atom. The van der Waals surface area contributed by atoms with Crippen LogP contribution >= 0.6 is 15.9 Å². The molecule has 1 aliphatic rings. The molecule has 0 saturated carbocycles. The number of halogens is 1. The fraction of sp³-hybridized carbons (Fsp3) is 0.389. The Labute approximate surface area is 135 Å². The van der Waals surface area contributed by atoms with E-state index in [1.54, 1.807) is 0 Å². The van der Waals surface area contributed by atoms with Crippen LogP contribution in [0.4, 0.5) is 5.82 Å². The molecule has 3 rings (SSSR count). The second-order valence-corrected chi connectivity index (χ2v) is 6.34. The van der Waals surface area contributed by atoms with E-state index in [-0.39, 0.29) is 0 Å². The third-order valence-corrected chi connectivity index (χ3v) is 4.92. The van der Waals surface area contributed by atoms with Crippen molar-refractivity contribution in [2.45, 2.75) is 24.6 Å². The number of hydrogen-bond acceptors (Lipinski definition) is 2. The second-order valence-electron chi connectivity index (χ2n) is 5.78. The van der Waals surface area contributed by atoms with Crippen molar-refractivity contribution in [3.8, 4) is 0 Å². The predicted molar refractivity (Wildman–Crippen MR) is 92.0 cm³/mol. The van der Waals surface area contributed by atoms with Crippen molar-refractivity contribution in [1.29, 1.82) is 0 Å². The van der Waals surface area contributed by atoms with Crippen LogP contribution in [0, 0.1) is 5.92 Å². The first-order valence-corrected chi connectivity index (χ1v) is 8.77. The number of benzene rings is 1. The van der Waals surface area contributed by atoms with E-state index < -0.39 is 0 Å². The Bertz CT molecular complexity index is 545. The number of alkyl halides is 1. The van der Waals surface area contributed by atoms with Gasteiger partial charge in [-0.1, -0.05) is 52.3 Å². The largest absolute Gasteiger partial charge is 0.357 e. The fourth-order valence-corrected chi connectivity index (χ4v) is 3.33. The first kappa shape index (κ1) is 14.6. The molecule has 0 aliphatic carbocycles. The van der Waals surface area contributed by atoms with Crippen molar-refractivity contribution < 1.29 is 0 Å². The number of nitrogens with zero attached hydrogens (tertiary/aromatic N) is 2. The van der Waals surface area contributed by atoms with Gasteiger partial charge in [0, 0.05) is 24.6 Å². The lowest BCUT2D eigenvalue weighted by atomic mass is 9.90. The minimum absolute atomic E-state index is 0.811. The van der Waals surface area contributed by atoms with Gasteiger partial charge in [0.05, 0.1) is 0 Å². The third-order valence-electron chi connectivity index (χ3n) is 4.27. The van der Waals surface area contributed by atoms with E-state index in [9.17, 15) is 0 Å².